The van der Waals surface area contributed by atoms with Gasteiger partial charge in [-0.2, -0.15) is 0 Å². The number of methoxy groups -OCH3 is 1. The monoisotopic (exact) mass is 301 g/mol. The third-order valence-corrected chi connectivity index (χ3v) is 3.43. The minimum atomic E-state index is -0.571. The lowest BCUT2D eigenvalue weighted by molar-refractivity contribution is -0.151. The number of ether oxygens (including phenoxy) is 3. The van der Waals surface area contributed by atoms with Crippen molar-refractivity contribution in [1.29, 1.82) is 0 Å². The normalized spacial score (nSPS) is 26.0. The lowest BCUT2D eigenvalue weighted by Crippen LogP contribution is -2.50. The highest BCUT2D eigenvalue weighted by Crippen LogP contribution is 2.28. The Morgan fingerprint density at radius 3 is 2.43 bits per heavy atom. The number of carbonyl (C=O) groups excluding carboxylic acids is 2. The van der Waals surface area contributed by atoms with E-state index in [1.165, 1.54) is 0 Å². The Hall–Kier alpha value is -1.30. The number of nitrogens with one attached hydrogen (secondary N) is 1. The van der Waals surface area contributed by atoms with Gasteiger partial charge in [0.1, 0.15) is 5.60 Å². The van der Waals surface area contributed by atoms with E-state index in [1.54, 1.807) is 34.8 Å². The molecule has 6 nitrogen and oxygen atoms in total. The largest absolute Gasteiger partial charge is 0.466 e. The summed E-state index contributed by atoms with van der Waals surface area (Å²) >= 11 is 0. The minimum Gasteiger partial charge on any atom is -0.466 e. The molecule has 0 bridgehead atoms. The second-order valence-corrected chi connectivity index (χ2v) is 6.28. The van der Waals surface area contributed by atoms with Crippen LogP contribution in [0.1, 0.15) is 47.0 Å². The molecule has 1 fully saturated rings. The van der Waals surface area contributed by atoms with Crippen molar-refractivity contribution >= 4 is 12.1 Å². The zero-order chi connectivity index (χ0) is 16.0. The molecule has 0 aromatic carbocycles. The van der Waals surface area contributed by atoms with Crippen LogP contribution in [-0.4, -0.2) is 43.5 Å². The fraction of sp³-hybridized carbons (Fsp3) is 0.867. The maximum atomic E-state index is 12.0. The van der Waals surface area contributed by atoms with E-state index in [1.807, 2.05) is 0 Å². The standard InChI is InChI=1S/C15H27NO5/c1-6-20-13(17)11-8-7-10(19-5)9-12(11)16-14(18)21-15(2,3)4/h10-12H,6-9H2,1-5H3,(H,16,18)/t10-,11-,12-/m0/s1. The third kappa shape index (κ3) is 5.91. The molecule has 1 rings (SSSR count). The number of amides is 1. The number of alkyl carbamates (subject to hydrolysis) is 1. The smallest absolute Gasteiger partial charge is 0.407 e. The molecule has 1 amide bonds. The molecule has 0 saturated heterocycles. The molecule has 1 aliphatic carbocycles. The third-order valence-electron chi connectivity index (χ3n) is 3.43. The van der Waals surface area contributed by atoms with Crippen molar-refractivity contribution in [1.82, 2.24) is 5.32 Å². The Balaban J connectivity index is 2.70. The van der Waals surface area contributed by atoms with Crippen LogP contribution in [0.2, 0.25) is 0 Å². The van der Waals surface area contributed by atoms with Crippen molar-refractivity contribution in [3.63, 3.8) is 0 Å². The van der Waals surface area contributed by atoms with Crippen LogP contribution < -0.4 is 5.32 Å². The zero-order valence-corrected chi connectivity index (χ0v) is 13.6. The molecule has 0 aromatic rings. The lowest BCUT2D eigenvalue weighted by Gasteiger charge is -2.34. The summed E-state index contributed by atoms with van der Waals surface area (Å²) in [4.78, 5) is 23.9. The van der Waals surface area contributed by atoms with Gasteiger partial charge in [0, 0.05) is 13.2 Å². The predicted molar refractivity (Wildman–Crippen MR) is 77.9 cm³/mol. The summed E-state index contributed by atoms with van der Waals surface area (Å²) in [5.41, 5.74) is -0.571. The summed E-state index contributed by atoms with van der Waals surface area (Å²) in [6.45, 7) is 7.51. The van der Waals surface area contributed by atoms with Crippen LogP contribution in [0.5, 0.6) is 0 Å². The van der Waals surface area contributed by atoms with Gasteiger partial charge in [-0.3, -0.25) is 4.79 Å². The Morgan fingerprint density at radius 2 is 1.90 bits per heavy atom. The van der Waals surface area contributed by atoms with E-state index in [4.69, 9.17) is 14.2 Å². The van der Waals surface area contributed by atoms with Gasteiger partial charge in [0.05, 0.1) is 18.6 Å². The molecule has 1 saturated carbocycles. The number of carbonyl (C=O) groups is 2. The van der Waals surface area contributed by atoms with Crippen molar-refractivity contribution in [2.75, 3.05) is 13.7 Å². The summed E-state index contributed by atoms with van der Waals surface area (Å²) < 4.78 is 15.7. The van der Waals surface area contributed by atoms with Crippen LogP contribution in [0.15, 0.2) is 0 Å². The second-order valence-electron chi connectivity index (χ2n) is 6.28. The molecular formula is C15H27NO5. The lowest BCUT2D eigenvalue weighted by atomic mass is 9.83. The molecule has 0 unspecified atom stereocenters. The molecular weight excluding hydrogens is 274 g/mol. The van der Waals surface area contributed by atoms with Crippen LogP contribution in [-0.2, 0) is 19.0 Å². The first-order valence-electron chi connectivity index (χ1n) is 7.45. The van der Waals surface area contributed by atoms with E-state index in [0.717, 1.165) is 6.42 Å². The molecule has 122 valence electrons. The Bertz CT molecular complexity index is 364. The van der Waals surface area contributed by atoms with Crippen molar-refractivity contribution in [2.45, 2.75) is 64.7 Å². The average molecular weight is 301 g/mol. The zero-order valence-electron chi connectivity index (χ0n) is 13.6. The molecule has 1 aliphatic rings. The SMILES string of the molecule is CCOC(=O)[C@H]1CC[C@H](OC)C[C@@H]1NC(=O)OC(C)(C)C. The summed E-state index contributed by atoms with van der Waals surface area (Å²) in [5.74, 6) is -0.614. The van der Waals surface area contributed by atoms with Gasteiger partial charge in [-0.1, -0.05) is 0 Å². The fourth-order valence-electron chi connectivity index (χ4n) is 2.50. The van der Waals surface area contributed by atoms with Gasteiger partial charge in [0.15, 0.2) is 0 Å². The summed E-state index contributed by atoms with van der Waals surface area (Å²) in [7, 11) is 1.64. The van der Waals surface area contributed by atoms with Crippen molar-refractivity contribution in [2.24, 2.45) is 5.92 Å². The second kappa shape index (κ2) is 7.64. The van der Waals surface area contributed by atoms with E-state index in [0.29, 0.717) is 19.4 Å². The number of esters is 1. The van der Waals surface area contributed by atoms with Crippen LogP contribution in [0.25, 0.3) is 0 Å². The number of hydrogen-bond donors (Lipinski definition) is 1. The Kier molecular flexibility index (Phi) is 6.45. The Labute approximate surface area is 126 Å². The van der Waals surface area contributed by atoms with Crippen LogP contribution in [0.3, 0.4) is 0 Å². The van der Waals surface area contributed by atoms with Gasteiger partial charge in [0.2, 0.25) is 0 Å². The topological polar surface area (TPSA) is 73.9 Å². The van der Waals surface area contributed by atoms with Gasteiger partial charge in [-0.25, -0.2) is 4.79 Å². The molecule has 0 spiro atoms. The maximum Gasteiger partial charge on any atom is 0.407 e. The van der Waals surface area contributed by atoms with Crippen molar-refractivity contribution in [3.8, 4) is 0 Å². The van der Waals surface area contributed by atoms with Crippen LogP contribution >= 0.6 is 0 Å². The van der Waals surface area contributed by atoms with E-state index in [-0.39, 0.29) is 24.0 Å². The van der Waals surface area contributed by atoms with Gasteiger partial charge in [0.25, 0.3) is 0 Å². The summed E-state index contributed by atoms with van der Waals surface area (Å²) in [6, 6.07) is -0.322. The molecule has 0 aliphatic heterocycles. The highest BCUT2D eigenvalue weighted by atomic mass is 16.6. The molecule has 0 radical (unpaired) electrons. The van der Waals surface area contributed by atoms with Crippen LogP contribution in [0.4, 0.5) is 4.79 Å². The predicted octanol–water partition coefficient (Wildman–Crippen LogP) is 2.26. The molecule has 0 heterocycles. The molecule has 1 N–H and O–H groups in total. The summed E-state index contributed by atoms with van der Waals surface area (Å²) in [5, 5.41) is 2.79. The highest BCUT2D eigenvalue weighted by Gasteiger charge is 2.37. The first-order chi connectivity index (χ1) is 9.76. The van der Waals surface area contributed by atoms with E-state index in [2.05, 4.69) is 5.32 Å². The highest BCUT2D eigenvalue weighted by molar-refractivity contribution is 5.75. The van der Waals surface area contributed by atoms with Crippen LogP contribution in [0, 0.1) is 5.92 Å². The Morgan fingerprint density at radius 1 is 1.24 bits per heavy atom. The van der Waals surface area contributed by atoms with Gasteiger partial charge in [-0.15, -0.1) is 0 Å². The number of rotatable bonds is 4. The minimum absolute atomic E-state index is 0.0376. The van der Waals surface area contributed by atoms with Gasteiger partial charge < -0.3 is 19.5 Å². The van der Waals surface area contributed by atoms with E-state index in [9.17, 15) is 9.59 Å². The molecule has 21 heavy (non-hydrogen) atoms. The van der Waals surface area contributed by atoms with Crippen molar-refractivity contribution in [3.05, 3.63) is 0 Å². The van der Waals surface area contributed by atoms with Gasteiger partial charge in [-0.05, 0) is 47.0 Å². The van der Waals surface area contributed by atoms with E-state index >= 15 is 0 Å². The van der Waals surface area contributed by atoms with E-state index < -0.39 is 11.7 Å². The number of hydrogen-bond acceptors (Lipinski definition) is 5. The fourth-order valence-corrected chi connectivity index (χ4v) is 2.50. The summed E-state index contributed by atoms with van der Waals surface area (Å²) in [6.07, 6.45) is 1.53. The maximum absolute atomic E-state index is 12.0. The van der Waals surface area contributed by atoms with Crippen molar-refractivity contribution < 1.29 is 23.8 Å². The molecule has 6 heteroatoms. The first-order valence-corrected chi connectivity index (χ1v) is 7.45. The molecule has 0 aromatic heterocycles. The first kappa shape index (κ1) is 17.8. The van der Waals surface area contributed by atoms with Gasteiger partial charge >= 0.3 is 12.1 Å². The quantitative estimate of drug-likeness (QED) is 0.806. The molecule has 3 atom stereocenters. The average Bonchev–Trinajstić information content (AvgIpc) is 2.36.